The SMILES string of the molecule is C.CC.Cc1c(-c2ccc(C#N)cc2)ccc(CC(F)(F)CC(C)(F)F)c1F.F. The Bertz CT molecular complexity index is 802. The zero-order chi connectivity index (χ0) is 20.8. The lowest BCUT2D eigenvalue weighted by molar-refractivity contribution is -0.1000. The van der Waals surface area contributed by atoms with Crippen molar-refractivity contribution in [3.05, 3.63) is 58.9 Å². The maximum atomic E-state index is 14.5. The first-order chi connectivity index (χ1) is 12.5. The van der Waals surface area contributed by atoms with Crippen LogP contribution in [0, 0.1) is 24.1 Å². The second-order valence-corrected chi connectivity index (χ2v) is 6.18. The zero-order valence-corrected chi connectivity index (χ0v) is 16.1. The van der Waals surface area contributed by atoms with Gasteiger partial charge in [0, 0.05) is 6.42 Å². The predicted molar refractivity (Wildman–Crippen MR) is 106 cm³/mol. The first-order valence-corrected chi connectivity index (χ1v) is 8.56. The number of hydrogen-bond donors (Lipinski definition) is 0. The third-order valence-corrected chi connectivity index (χ3v) is 3.81. The van der Waals surface area contributed by atoms with Crippen LogP contribution in [-0.4, -0.2) is 11.8 Å². The van der Waals surface area contributed by atoms with E-state index in [1.807, 2.05) is 19.9 Å². The Labute approximate surface area is 168 Å². The van der Waals surface area contributed by atoms with Gasteiger partial charge in [0.05, 0.1) is 18.1 Å². The molecular weight excluding hydrogens is 392 g/mol. The monoisotopic (exact) mass is 419 g/mol. The largest absolute Gasteiger partial charge is 0.269 e. The summed E-state index contributed by atoms with van der Waals surface area (Å²) in [6.45, 7) is 5.86. The second-order valence-electron chi connectivity index (χ2n) is 6.18. The molecule has 7 heteroatoms. The molecule has 2 aromatic rings. The highest BCUT2D eigenvalue weighted by molar-refractivity contribution is 5.68. The first-order valence-electron chi connectivity index (χ1n) is 8.56. The summed E-state index contributed by atoms with van der Waals surface area (Å²) in [4.78, 5) is 0. The van der Waals surface area contributed by atoms with E-state index < -0.39 is 30.5 Å². The van der Waals surface area contributed by atoms with Crippen LogP contribution in [0.5, 0.6) is 0 Å². The summed E-state index contributed by atoms with van der Waals surface area (Å²) in [5.74, 6) is -8.07. The van der Waals surface area contributed by atoms with Crippen LogP contribution >= 0.6 is 0 Å². The van der Waals surface area contributed by atoms with E-state index in [-0.39, 0.29) is 23.3 Å². The fourth-order valence-electron chi connectivity index (χ4n) is 2.71. The molecule has 1 nitrogen and oxygen atoms in total. The minimum Gasteiger partial charge on any atom is -0.269 e. The molecule has 29 heavy (non-hydrogen) atoms. The standard InChI is InChI=1S/C19H16F5N.C2H6.CH4.FH/c1-12-16(14-5-3-13(10-25)4-6-14)8-7-15(17(12)20)9-19(23,24)11-18(2,21)22;1-2;;/h3-8H,9,11H2,1-2H3;1-2H3;1H4;1H. The van der Waals surface area contributed by atoms with Gasteiger partial charge in [0.2, 0.25) is 0 Å². The molecule has 0 aliphatic heterocycles. The molecule has 0 heterocycles. The summed E-state index contributed by atoms with van der Waals surface area (Å²) in [5.41, 5.74) is 1.42. The van der Waals surface area contributed by atoms with Crippen molar-refractivity contribution >= 4 is 0 Å². The Kier molecular flexibility index (Phi) is 11.4. The summed E-state index contributed by atoms with van der Waals surface area (Å²) in [6, 6.07) is 11.0. The molecule has 0 saturated carbocycles. The van der Waals surface area contributed by atoms with Crippen LogP contribution in [0.4, 0.5) is 26.7 Å². The minimum absolute atomic E-state index is 0. The Balaban J connectivity index is 0. The molecule has 0 unspecified atom stereocenters. The molecule has 0 fully saturated rings. The third-order valence-electron chi connectivity index (χ3n) is 3.81. The average Bonchev–Trinajstić information content (AvgIpc) is 2.59. The van der Waals surface area contributed by atoms with Crippen LogP contribution in [-0.2, 0) is 6.42 Å². The molecule has 0 amide bonds. The van der Waals surface area contributed by atoms with Gasteiger partial charge in [-0.15, -0.1) is 0 Å². The van der Waals surface area contributed by atoms with Gasteiger partial charge in [0.1, 0.15) is 5.82 Å². The minimum atomic E-state index is -3.71. The van der Waals surface area contributed by atoms with Crippen LogP contribution in [0.3, 0.4) is 0 Å². The molecule has 0 spiro atoms. The van der Waals surface area contributed by atoms with E-state index in [1.54, 1.807) is 24.3 Å². The van der Waals surface area contributed by atoms with Crippen molar-refractivity contribution in [2.24, 2.45) is 0 Å². The van der Waals surface area contributed by atoms with E-state index in [4.69, 9.17) is 5.26 Å². The molecule has 0 N–H and O–H groups in total. The molecule has 162 valence electrons. The second kappa shape index (κ2) is 11.5. The van der Waals surface area contributed by atoms with Gasteiger partial charge in [-0.1, -0.05) is 45.5 Å². The smallest absolute Gasteiger partial charge is 0.257 e. The summed E-state index contributed by atoms with van der Waals surface area (Å²) in [5, 5.41) is 8.79. The Morgan fingerprint density at radius 2 is 1.48 bits per heavy atom. The normalized spacial score (nSPS) is 10.6. The first kappa shape index (κ1) is 28.7. The highest BCUT2D eigenvalue weighted by atomic mass is 19.3. The Hall–Kier alpha value is -2.49. The van der Waals surface area contributed by atoms with Gasteiger partial charge in [0.15, 0.2) is 0 Å². The molecule has 0 aliphatic rings. The van der Waals surface area contributed by atoms with Crippen LogP contribution in [0.2, 0.25) is 0 Å². The topological polar surface area (TPSA) is 23.8 Å². The molecule has 2 rings (SSSR count). The Morgan fingerprint density at radius 3 is 1.93 bits per heavy atom. The van der Waals surface area contributed by atoms with Gasteiger partial charge in [-0.3, -0.25) is 4.70 Å². The number of nitriles is 1. The van der Waals surface area contributed by atoms with E-state index in [1.165, 1.54) is 19.1 Å². The lowest BCUT2D eigenvalue weighted by Gasteiger charge is -2.21. The molecule has 0 bridgehead atoms. The van der Waals surface area contributed by atoms with E-state index in [0.717, 1.165) is 0 Å². The fraction of sp³-hybridized carbons (Fsp3) is 0.409. The lowest BCUT2D eigenvalue weighted by Crippen LogP contribution is -2.29. The van der Waals surface area contributed by atoms with Crippen molar-refractivity contribution in [3.63, 3.8) is 0 Å². The number of hydrogen-bond acceptors (Lipinski definition) is 1. The van der Waals surface area contributed by atoms with Crippen LogP contribution < -0.4 is 0 Å². The highest BCUT2D eigenvalue weighted by Gasteiger charge is 2.40. The van der Waals surface area contributed by atoms with Crippen molar-refractivity contribution in [3.8, 4) is 17.2 Å². The van der Waals surface area contributed by atoms with Crippen molar-refractivity contribution in [1.29, 1.82) is 5.26 Å². The summed E-state index contributed by atoms with van der Waals surface area (Å²) in [7, 11) is 0. The molecule has 0 aromatic heterocycles. The van der Waals surface area contributed by atoms with Crippen molar-refractivity contribution in [1.82, 2.24) is 0 Å². The van der Waals surface area contributed by atoms with Crippen molar-refractivity contribution in [2.75, 3.05) is 0 Å². The van der Waals surface area contributed by atoms with Crippen LogP contribution in [0.25, 0.3) is 11.1 Å². The van der Waals surface area contributed by atoms with Gasteiger partial charge in [-0.2, -0.15) is 5.26 Å². The fourth-order valence-corrected chi connectivity index (χ4v) is 2.71. The van der Waals surface area contributed by atoms with E-state index in [2.05, 4.69) is 0 Å². The third kappa shape index (κ3) is 8.18. The maximum Gasteiger partial charge on any atom is 0.257 e. The maximum absolute atomic E-state index is 14.5. The summed E-state index contributed by atoms with van der Waals surface area (Å²) >= 11 is 0. The van der Waals surface area contributed by atoms with Gasteiger partial charge in [0.25, 0.3) is 11.8 Å². The quantitative estimate of drug-likeness (QED) is 0.455. The molecule has 2 aromatic carbocycles. The molecule has 0 atom stereocenters. The number of benzene rings is 2. The van der Waals surface area contributed by atoms with Crippen LogP contribution in [0.15, 0.2) is 36.4 Å². The van der Waals surface area contributed by atoms with Crippen LogP contribution in [0.1, 0.15) is 51.3 Å². The van der Waals surface area contributed by atoms with E-state index in [0.29, 0.717) is 23.6 Å². The summed E-state index contributed by atoms with van der Waals surface area (Å²) < 4.78 is 67.7. The number of nitrogens with zero attached hydrogens (tertiary/aromatic N) is 1. The molecular formula is C22H27F6N. The number of rotatable bonds is 5. The van der Waals surface area contributed by atoms with Crippen molar-refractivity contribution < 1.29 is 26.7 Å². The predicted octanol–water partition coefficient (Wildman–Crippen LogP) is 7.71. The number of alkyl halides is 4. The molecule has 0 saturated heterocycles. The molecule has 0 radical (unpaired) electrons. The van der Waals surface area contributed by atoms with Crippen molar-refractivity contribution in [2.45, 2.75) is 59.8 Å². The van der Waals surface area contributed by atoms with E-state index >= 15 is 0 Å². The highest BCUT2D eigenvalue weighted by Crippen LogP contribution is 2.35. The lowest BCUT2D eigenvalue weighted by atomic mass is 9.94. The van der Waals surface area contributed by atoms with E-state index in [9.17, 15) is 22.0 Å². The van der Waals surface area contributed by atoms with Gasteiger partial charge in [-0.05, 0) is 48.2 Å². The Morgan fingerprint density at radius 1 is 0.966 bits per heavy atom. The average molecular weight is 419 g/mol. The van der Waals surface area contributed by atoms with Gasteiger partial charge in [-0.25, -0.2) is 22.0 Å². The summed E-state index contributed by atoms with van der Waals surface area (Å²) in [6.07, 6.45) is -2.72. The van der Waals surface area contributed by atoms with Gasteiger partial charge < -0.3 is 0 Å². The molecule has 0 aliphatic carbocycles. The van der Waals surface area contributed by atoms with Gasteiger partial charge >= 0.3 is 0 Å². The number of halogens is 6. The zero-order valence-electron chi connectivity index (χ0n) is 16.1.